The van der Waals surface area contributed by atoms with Crippen LogP contribution in [0.5, 0.6) is 0 Å². The first kappa shape index (κ1) is 14.9. The van der Waals surface area contributed by atoms with Crippen molar-refractivity contribution in [2.45, 2.75) is 5.60 Å². The lowest BCUT2D eigenvalue weighted by atomic mass is 9.89. The predicted octanol–water partition coefficient (Wildman–Crippen LogP) is 1.43. The molecule has 0 radical (unpaired) electrons. The first-order valence-electron chi connectivity index (χ1n) is 5.51. The molecule has 0 saturated heterocycles. The summed E-state index contributed by atoms with van der Waals surface area (Å²) in [5.74, 6) is -1.76. The third-order valence-corrected chi connectivity index (χ3v) is 2.80. The predicted molar refractivity (Wildman–Crippen MR) is 69.2 cm³/mol. The smallest absolute Gasteiger partial charge is 0.354 e. The van der Waals surface area contributed by atoms with Crippen LogP contribution in [0.2, 0.25) is 0 Å². The molecule has 0 aliphatic carbocycles. The number of hydrogen-bond acceptors (Lipinski definition) is 5. The highest BCUT2D eigenvalue weighted by Crippen LogP contribution is 2.31. The zero-order valence-electron chi connectivity index (χ0n) is 11.1. The van der Waals surface area contributed by atoms with Gasteiger partial charge in [0, 0.05) is 12.7 Å². The van der Waals surface area contributed by atoms with Gasteiger partial charge >= 0.3 is 11.9 Å². The molecule has 0 bridgehead atoms. The van der Waals surface area contributed by atoms with Crippen molar-refractivity contribution in [1.82, 2.24) is 0 Å². The minimum Gasteiger partial charge on any atom is -0.466 e. The van der Waals surface area contributed by atoms with Gasteiger partial charge in [0.15, 0.2) is 0 Å². The summed E-state index contributed by atoms with van der Waals surface area (Å²) in [6.07, 6.45) is 0. The van der Waals surface area contributed by atoms with Gasteiger partial charge in [-0.15, -0.1) is 0 Å². The normalized spacial score (nSPS) is 10.7. The second-order valence-corrected chi connectivity index (χ2v) is 3.71. The van der Waals surface area contributed by atoms with Crippen molar-refractivity contribution in [3.63, 3.8) is 0 Å². The Morgan fingerprint density at radius 3 is 1.84 bits per heavy atom. The number of esters is 2. The Bertz CT molecular complexity index is 462. The number of rotatable bonds is 5. The third-order valence-electron chi connectivity index (χ3n) is 2.80. The Morgan fingerprint density at radius 1 is 1.00 bits per heavy atom. The van der Waals surface area contributed by atoms with E-state index in [-0.39, 0.29) is 5.57 Å². The first-order chi connectivity index (χ1) is 9.04. The van der Waals surface area contributed by atoms with Gasteiger partial charge in [-0.1, -0.05) is 36.9 Å². The van der Waals surface area contributed by atoms with Gasteiger partial charge in [-0.2, -0.15) is 0 Å². The van der Waals surface area contributed by atoms with Crippen molar-refractivity contribution in [3.8, 4) is 0 Å². The number of carbonyl (C=O) groups is 2. The lowest BCUT2D eigenvalue weighted by Gasteiger charge is -2.28. The van der Waals surface area contributed by atoms with Crippen LogP contribution in [-0.2, 0) is 23.8 Å². The summed E-state index contributed by atoms with van der Waals surface area (Å²) in [5, 5.41) is 0. The molecule has 0 aliphatic rings. The van der Waals surface area contributed by atoms with Gasteiger partial charge in [-0.05, 0) is 5.56 Å². The Morgan fingerprint density at radius 2 is 1.47 bits per heavy atom. The highest BCUT2D eigenvalue weighted by molar-refractivity contribution is 6.15. The SMILES string of the molecule is C=C(c1ccccc1)C(OC)(C(=O)OC)C(=O)OC. The van der Waals surface area contributed by atoms with E-state index in [1.54, 1.807) is 24.3 Å². The van der Waals surface area contributed by atoms with Crippen LogP contribution in [0.3, 0.4) is 0 Å². The summed E-state index contributed by atoms with van der Waals surface area (Å²) in [6, 6.07) is 8.75. The van der Waals surface area contributed by atoms with E-state index in [2.05, 4.69) is 16.1 Å². The summed E-state index contributed by atoms with van der Waals surface area (Å²) in [4.78, 5) is 23.9. The molecule has 0 saturated carbocycles. The Kier molecular flexibility index (Phi) is 4.83. The molecule has 5 heteroatoms. The lowest BCUT2D eigenvalue weighted by Crippen LogP contribution is -2.50. The molecule has 0 atom stereocenters. The zero-order valence-corrected chi connectivity index (χ0v) is 11.1. The van der Waals surface area contributed by atoms with E-state index in [1.807, 2.05) is 6.07 Å². The number of carbonyl (C=O) groups excluding carboxylic acids is 2. The Hall–Kier alpha value is -2.14. The van der Waals surface area contributed by atoms with E-state index < -0.39 is 17.5 Å². The van der Waals surface area contributed by atoms with Gasteiger partial charge in [0.25, 0.3) is 5.60 Å². The second kappa shape index (κ2) is 6.15. The standard InChI is InChI=1S/C14H16O5/c1-10(11-8-6-5-7-9-11)14(19-4,12(15)17-2)13(16)18-3/h5-9H,1H2,2-4H3. The molecule has 1 aromatic rings. The molecule has 0 spiro atoms. The van der Waals surface area contributed by atoms with Crippen molar-refractivity contribution in [2.75, 3.05) is 21.3 Å². The number of methoxy groups -OCH3 is 3. The van der Waals surface area contributed by atoms with Crippen LogP contribution in [0.4, 0.5) is 0 Å². The summed E-state index contributed by atoms with van der Waals surface area (Å²) in [7, 11) is 3.55. The van der Waals surface area contributed by atoms with Crippen LogP contribution >= 0.6 is 0 Å². The van der Waals surface area contributed by atoms with Gasteiger partial charge < -0.3 is 14.2 Å². The van der Waals surface area contributed by atoms with Crippen molar-refractivity contribution in [3.05, 3.63) is 42.5 Å². The molecule has 19 heavy (non-hydrogen) atoms. The average molecular weight is 264 g/mol. The molecular weight excluding hydrogens is 248 g/mol. The fraction of sp³-hybridized carbons (Fsp3) is 0.286. The molecule has 0 amide bonds. The quantitative estimate of drug-likeness (QED) is 0.594. The monoisotopic (exact) mass is 264 g/mol. The molecule has 0 heterocycles. The fourth-order valence-corrected chi connectivity index (χ4v) is 1.75. The fourth-order valence-electron chi connectivity index (χ4n) is 1.75. The van der Waals surface area contributed by atoms with Crippen LogP contribution in [0, 0.1) is 0 Å². The van der Waals surface area contributed by atoms with Crippen LogP contribution in [0.1, 0.15) is 5.56 Å². The highest BCUT2D eigenvalue weighted by Gasteiger charge is 2.52. The molecule has 5 nitrogen and oxygen atoms in total. The highest BCUT2D eigenvalue weighted by atomic mass is 16.6. The first-order valence-corrected chi connectivity index (χ1v) is 5.51. The van der Waals surface area contributed by atoms with Crippen LogP contribution in [0.15, 0.2) is 36.9 Å². The van der Waals surface area contributed by atoms with E-state index in [1.165, 1.54) is 7.11 Å². The van der Waals surface area contributed by atoms with Crippen LogP contribution < -0.4 is 0 Å². The van der Waals surface area contributed by atoms with Crippen molar-refractivity contribution in [1.29, 1.82) is 0 Å². The van der Waals surface area contributed by atoms with E-state index in [0.29, 0.717) is 5.56 Å². The Labute approximate surface area is 111 Å². The number of benzene rings is 1. The van der Waals surface area contributed by atoms with Gasteiger partial charge in [0.05, 0.1) is 14.2 Å². The largest absolute Gasteiger partial charge is 0.466 e. The second-order valence-electron chi connectivity index (χ2n) is 3.71. The molecule has 102 valence electrons. The molecule has 1 aromatic carbocycles. The van der Waals surface area contributed by atoms with Crippen molar-refractivity contribution in [2.24, 2.45) is 0 Å². The molecule has 0 fully saturated rings. The van der Waals surface area contributed by atoms with Gasteiger partial charge in [0.1, 0.15) is 0 Å². The number of ether oxygens (including phenoxy) is 3. The molecule has 0 aromatic heterocycles. The molecule has 0 unspecified atom stereocenters. The lowest BCUT2D eigenvalue weighted by molar-refractivity contribution is -0.176. The van der Waals surface area contributed by atoms with Crippen LogP contribution in [0.25, 0.3) is 5.57 Å². The van der Waals surface area contributed by atoms with E-state index in [0.717, 1.165) is 14.2 Å². The van der Waals surface area contributed by atoms with E-state index >= 15 is 0 Å². The third kappa shape index (κ3) is 2.51. The number of hydrogen-bond donors (Lipinski definition) is 0. The van der Waals surface area contributed by atoms with Gasteiger partial charge in [0.2, 0.25) is 0 Å². The molecule has 0 aliphatic heterocycles. The van der Waals surface area contributed by atoms with Gasteiger partial charge in [-0.3, -0.25) is 0 Å². The van der Waals surface area contributed by atoms with Crippen LogP contribution in [-0.4, -0.2) is 38.9 Å². The van der Waals surface area contributed by atoms with Crippen molar-refractivity contribution >= 4 is 17.5 Å². The molecule has 1 rings (SSSR count). The maximum absolute atomic E-state index is 12.0. The summed E-state index contributed by atoms with van der Waals surface area (Å²) >= 11 is 0. The summed E-state index contributed by atoms with van der Waals surface area (Å²) in [6.45, 7) is 3.78. The van der Waals surface area contributed by atoms with E-state index in [9.17, 15) is 9.59 Å². The maximum atomic E-state index is 12.0. The molecule has 0 N–H and O–H groups in total. The zero-order chi connectivity index (χ0) is 14.5. The Balaban J connectivity index is 3.35. The minimum atomic E-state index is -2.00. The summed E-state index contributed by atoms with van der Waals surface area (Å²) in [5.41, 5.74) is -1.25. The summed E-state index contributed by atoms with van der Waals surface area (Å²) < 4.78 is 14.4. The topological polar surface area (TPSA) is 61.8 Å². The maximum Gasteiger partial charge on any atom is 0.354 e. The van der Waals surface area contributed by atoms with Gasteiger partial charge in [-0.25, -0.2) is 9.59 Å². The van der Waals surface area contributed by atoms with E-state index in [4.69, 9.17) is 4.74 Å². The van der Waals surface area contributed by atoms with Crippen molar-refractivity contribution < 1.29 is 23.8 Å². The molecular formula is C14H16O5. The minimum absolute atomic E-state index is 0.161. The average Bonchev–Trinajstić information content (AvgIpc) is 2.48.